The Bertz CT molecular complexity index is 246. The first-order chi connectivity index (χ1) is 7.03. The smallest absolute Gasteiger partial charge is 0.0851 e. The molecule has 3 unspecified atom stereocenters. The molecule has 0 spiro atoms. The summed E-state index contributed by atoms with van der Waals surface area (Å²) in [6.45, 7) is 6.69. The van der Waals surface area contributed by atoms with Crippen LogP contribution < -0.4 is 0 Å². The Balaban J connectivity index is 2.72. The van der Waals surface area contributed by atoms with Gasteiger partial charge in [0.05, 0.1) is 23.7 Å². The molecule has 1 aliphatic heterocycles. The quantitative estimate of drug-likeness (QED) is 0.777. The Morgan fingerprint density at radius 3 is 2.73 bits per heavy atom. The third-order valence-corrected chi connectivity index (χ3v) is 3.38. The van der Waals surface area contributed by atoms with Gasteiger partial charge in [0.1, 0.15) is 0 Å². The number of hydrogen-bond acceptors (Lipinski definition) is 3. The molecule has 1 saturated heterocycles. The average molecular weight is 211 g/mol. The molecule has 3 atom stereocenters. The fraction of sp³-hybridized carbons (Fsp3) is 0.917. The molecule has 1 N–H and O–H groups in total. The molecule has 0 bridgehead atoms. The zero-order valence-corrected chi connectivity index (χ0v) is 9.86. The van der Waals surface area contributed by atoms with Gasteiger partial charge in [0.15, 0.2) is 0 Å². The van der Waals surface area contributed by atoms with Crippen molar-refractivity contribution >= 4 is 0 Å². The maximum absolute atomic E-state index is 10.4. The Labute approximate surface area is 92.0 Å². The van der Waals surface area contributed by atoms with E-state index in [4.69, 9.17) is 10.00 Å². The maximum atomic E-state index is 10.4. The molecule has 1 aliphatic rings. The highest BCUT2D eigenvalue weighted by molar-refractivity contribution is 5.01. The van der Waals surface area contributed by atoms with E-state index in [1.54, 1.807) is 0 Å². The topological polar surface area (TPSA) is 53.2 Å². The molecule has 0 aromatic rings. The van der Waals surface area contributed by atoms with Crippen LogP contribution in [0.2, 0.25) is 0 Å². The molecule has 1 rings (SSSR count). The molecule has 0 aromatic heterocycles. The van der Waals surface area contributed by atoms with Gasteiger partial charge in [-0.1, -0.05) is 20.8 Å². The SMILES string of the molecule is CCC(C#N)C1(O)CCOC(C(C)C)C1. The molecule has 3 nitrogen and oxygen atoms in total. The lowest BCUT2D eigenvalue weighted by atomic mass is 9.76. The van der Waals surface area contributed by atoms with Crippen LogP contribution in [0, 0.1) is 23.2 Å². The molecule has 0 radical (unpaired) electrons. The summed E-state index contributed by atoms with van der Waals surface area (Å²) < 4.78 is 5.60. The molecule has 15 heavy (non-hydrogen) atoms. The second kappa shape index (κ2) is 4.96. The van der Waals surface area contributed by atoms with Gasteiger partial charge in [-0.15, -0.1) is 0 Å². The van der Waals surface area contributed by atoms with E-state index in [1.807, 2.05) is 6.92 Å². The van der Waals surface area contributed by atoms with E-state index in [0.717, 1.165) is 0 Å². The van der Waals surface area contributed by atoms with E-state index < -0.39 is 5.60 Å². The van der Waals surface area contributed by atoms with Crippen LogP contribution in [0.25, 0.3) is 0 Å². The number of ether oxygens (including phenoxy) is 1. The normalized spacial score (nSPS) is 33.7. The molecule has 1 fully saturated rings. The van der Waals surface area contributed by atoms with Gasteiger partial charge in [-0.05, 0) is 12.3 Å². The van der Waals surface area contributed by atoms with Crippen LogP contribution in [0.3, 0.4) is 0 Å². The molecule has 1 heterocycles. The summed E-state index contributed by atoms with van der Waals surface area (Å²) in [7, 11) is 0. The zero-order valence-electron chi connectivity index (χ0n) is 9.86. The van der Waals surface area contributed by atoms with Crippen LogP contribution in [0.15, 0.2) is 0 Å². The van der Waals surface area contributed by atoms with Gasteiger partial charge in [0.25, 0.3) is 0 Å². The average Bonchev–Trinajstić information content (AvgIpc) is 2.19. The van der Waals surface area contributed by atoms with Gasteiger partial charge in [-0.2, -0.15) is 5.26 Å². The summed E-state index contributed by atoms with van der Waals surface area (Å²) >= 11 is 0. The second-order valence-corrected chi connectivity index (χ2v) is 4.80. The van der Waals surface area contributed by atoms with Crippen LogP contribution in [0.5, 0.6) is 0 Å². The standard InChI is InChI=1S/C12H21NO2/c1-4-10(8-13)12(14)5-6-15-11(7-12)9(2)3/h9-11,14H,4-7H2,1-3H3. The van der Waals surface area contributed by atoms with Crippen LogP contribution in [-0.4, -0.2) is 23.4 Å². The van der Waals surface area contributed by atoms with E-state index >= 15 is 0 Å². The molecule has 0 saturated carbocycles. The van der Waals surface area contributed by atoms with Gasteiger partial charge < -0.3 is 9.84 Å². The Kier molecular flexibility index (Phi) is 4.12. The number of rotatable bonds is 3. The van der Waals surface area contributed by atoms with E-state index in [-0.39, 0.29) is 12.0 Å². The highest BCUT2D eigenvalue weighted by Gasteiger charge is 2.41. The third kappa shape index (κ3) is 2.70. The predicted molar refractivity (Wildman–Crippen MR) is 58.2 cm³/mol. The predicted octanol–water partition coefficient (Wildman–Crippen LogP) is 2.10. The second-order valence-electron chi connectivity index (χ2n) is 4.80. The number of nitriles is 1. The van der Waals surface area contributed by atoms with Crippen molar-refractivity contribution in [2.24, 2.45) is 11.8 Å². The lowest BCUT2D eigenvalue weighted by molar-refractivity contribution is -0.133. The summed E-state index contributed by atoms with van der Waals surface area (Å²) in [6, 6.07) is 2.22. The van der Waals surface area contributed by atoms with Crippen LogP contribution >= 0.6 is 0 Å². The van der Waals surface area contributed by atoms with Crippen molar-refractivity contribution in [3.05, 3.63) is 0 Å². The summed E-state index contributed by atoms with van der Waals surface area (Å²) in [5.41, 5.74) is -0.837. The Hall–Kier alpha value is -0.590. The van der Waals surface area contributed by atoms with Crippen molar-refractivity contribution < 1.29 is 9.84 Å². The van der Waals surface area contributed by atoms with Gasteiger partial charge >= 0.3 is 0 Å². The summed E-state index contributed by atoms with van der Waals surface area (Å²) in [5, 5.41) is 19.5. The minimum Gasteiger partial charge on any atom is -0.388 e. The lowest BCUT2D eigenvalue weighted by Crippen LogP contribution is -2.47. The number of hydrogen-bond donors (Lipinski definition) is 1. The summed E-state index contributed by atoms with van der Waals surface area (Å²) in [6.07, 6.45) is 1.97. The highest BCUT2D eigenvalue weighted by atomic mass is 16.5. The van der Waals surface area contributed by atoms with Crippen molar-refractivity contribution in [3.8, 4) is 6.07 Å². The van der Waals surface area contributed by atoms with Crippen molar-refractivity contribution in [1.29, 1.82) is 5.26 Å². The fourth-order valence-electron chi connectivity index (χ4n) is 2.23. The van der Waals surface area contributed by atoms with Gasteiger partial charge in [0, 0.05) is 19.4 Å². The van der Waals surface area contributed by atoms with E-state index in [0.29, 0.717) is 31.8 Å². The van der Waals surface area contributed by atoms with Crippen molar-refractivity contribution in [2.45, 2.75) is 51.7 Å². The summed E-state index contributed by atoms with van der Waals surface area (Å²) in [4.78, 5) is 0. The first-order valence-corrected chi connectivity index (χ1v) is 5.77. The third-order valence-electron chi connectivity index (χ3n) is 3.38. The van der Waals surface area contributed by atoms with Gasteiger partial charge in [-0.3, -0.25) is 0 Å². The minimum absolute atomic E-state index is 0.0890. The molecule has 0 aromatic carbocycles. The first kappa shape index (κ1) is 12.5. The Morgan fingerprint density at radius 1 is 1.60 bits per heavy atom. The van der Waals surface area contributed by atoms with Gasteiger partial charge in [-0.25, -0.2) is 0 Å². The minimum atomic E-state index is -0.837. The monoisotopic (exact) mass is 211 g/mol. The zero-order chi connectivity index (χ0) is 11.5. The number of aliphatic hydroxyl groups is 1. The molecule has 0 amide bonds. The largest absolute Gasteiger partial charge is 0.388 e. The Morgan fingerprint density at radius 2 is 2.27 bits per heavy atom. The van der Waals surface area contributed by atoms with E-state index in [1.165, 1.54) is 0 Å². The van der Waals surface area contributed by atoms with Crippen LogP contribution in [0.4, 0.5) is 0 Å². The number of nitrogens with zero attached hydrogens (tertiary/aromatic N) is 1. The highest BCUT2D eigenvalue weighted by Crippen LogP contribution is 2.35. The molecule has 0 aliphatic carbocycles. The fourth-order valence-corrected chi connectivity index (χ4v) is 2.23. The van der Waals surface area contributed by atoms with Crippen LogP contribution in [-0.2, 0) is 4.74 Å². The summed E-state index contributed by atoms with van der Waals surface area (Å²) in [5.74, 6) is 0.135. The first-order valence-electron chi connectivity index (χ1n) is 5.77. The van der Waals surface area contributed by atoms with Gasteiger partial charge in [0.2, 0.25) is 0 Å². The molecule has 3 heteroatoms. The lowest BCUT2D eigenvalue weighted by Gasteiger charge is -2.40. The van der Waals surface area contributed by atoms with Crippen molar-refractivity contribution in [3.63, 3.8) is 0 Å². The molecule has 86 valence electrons. The maximum Gasteiger partial charge on any atom is 0.0851 e. The van der Waals surface area contributed by atoms with Crippen molar-refractivity contribution in [2.75, 3.05) is 6.61 Å². The molecular weight excluding hydrogens is 190 g/mol. The van der Waals surface area contributed by atoms with Crippen LogP contribution in [0.1, 0.15) is 40.0 Å². The van der Waals surface area contributed by atoms with E-state index in [2.05, 4.69) is 19.9 Å². The van der Waals surface area contributed by atoms with Crippen molar-refractivity contribution in [1.82, 2.24) is 0 Å². The molecular formula is C12H21NO2. The van der Waals surface area contributed by atoms with E-state index in [9.17, 15) is 5.11 Å².